The largest absolute Gasteiger partial charge is 0.497 e. The van der Waals surface area contributed by atoms with E-state index < -0.39 is 25.1 Å². The van der Waals surface area contributed by atoms with Gasteiger partial charge in [-0.2, -0.15) is 0 Å². The van der Waals surface area contributed by atoms with Crippen molar-refractivity contribution in [3.05, 3.63) is 41.2 Å². The van der Waals surface area contributed by atoms with Gasteiger partial charge in [0.1, 0.15) is 8.49 Å². The van der Waals surface area contributed by atoms with Crippen LogP contribution in [0.25, 0.3) is 4.85 Å². The lowest BCUT2D eigenvalue weighted by Crippen LogP contribution is -2.39. The molecule has 0 radical (unpaired) electrons. The topological polar surface area (TPSA) is 33.8 Å². The molecule has 0 heterocycles. The molecule has 19 heavy (non-hydrogen) atoms. The van der Waals surface area contributed by atoms with Crippen molar-refractivity contribution in [2.75, 3.05) is 13.5 Å². The van der Waals surface area contributed by atoms with Gasteiger partial charge in [-0.3, -0.25) is 0 Å². The third-order valence-electron chi connectivity index (χ3n) is 3.78. The molecule has 102 valence electrons. The number of rotatable bonds is 4. The summed E-state index contributed by atoms with van der Waals surface area (Å²) >= 11 is 0. The Kier molecular flexibility index (Phi) is 2.75. The van der Waals surface area contributed by atoms with Crippen molar-refractivity contribution in [1.29, 1.82) is 0 Å². The number of hydrogen-bond donors (Lipinski definition) is 1. The highest BCUT2D eigenvalue weighted by molar-refractivity contribution is 5.32. The van der Waals surface area contributed by atoms with E-state index in [0.717, 1.165) is 19.3 Å². The van der Waals surface area contributed by atoms with E-state index in [1.807, 2.05) is 0 Å². The number of benzene rings is 1. The van der Waals surface area contributed by atoms with E-state index in [9.17, 15) is 5.11 Å². The van der Waals surface area contributed by atoms with Crippen molar-refractivity contribution in [2.45, 2.75) is 43.6 Å². The average Bonchev–Trinajstić information content (AvgIpc) is 2.48. The molecule has 1 fully saturated rings. The molecule has 1 aliphatic carbocycles. The first-order valence-electron chi connectivity index (χ1n) is 8.97. The van der Waals surface area contributed by atoms with Crippen molar-refractivity contribution in [3.8, 4) is 5.75 Å². The van der Waals surface area contributed by atoms with Crippen LogP contribution in [0.4, 0.5) is 0 Å². The lowest BCUT2D eigenvalue weighted by molar-refractivity contribution is -0.0175. The summed E-state index contributed by atoms with van der Waals surface area (Å²) in [7, 11) is -2.56. The molecule has 3 nitrogen and oxygen atoms in total. The lowest BCUT2D eigenvalue weighted by Gasteiger charge is -2.37. The van der Waals surface area contributed by atoms with Crippen LogP contribution < -0.4 is 4.74 Å². The Bertz CT molecular complexity index is 600. The normalized spacial score (nSPS) is 24.7. The van der Waals surface area contributed by atoms with Gasteiger partial charge in [-0.15, -0.1) is 0 Å². The van der Waals surface area contributed by atoms with E-state index in [2.05, 4.69) is 4.85 Å². The molecule has 0 aliphatic heterocycles. The van der Waals surface area contributed by atoms with Crippen molar-refractivity contribution in [3.63, 3.8) is 0 Å². The van der Waals surface area contributed by atoms with Gasteiger partial charge in [-0.25, -0.2) is 6.57 Å². The van der Waals surface area contributed by atoms with Crippen molar-refractivity contribution in [1.82, 2.24) is 0 Å². The van der Waals surface area contributed by atoms with Crippen LogP contribution in [0.2, 0.25) is 0 Å². The summed E-state index contributed by atoms with van der Waals surface area (Å²) in [5.74, 6) is -0.860. The summed E-state index contributed by atoms with van der Waals surface area (Å²) in [6.45, 7) is 4.94. The lowest BCUT2D eigenvalue weighted by atomic mass is 9.73. The summed E-state index contributed by atoms with van der Waals surface area (Å²) in [6, 6.07) is 5.92. The van der Waals surface area contributed by atoms with E-state index >= 15 is 0 Å². The Balaban J connectivity index is 2.36. The van der Waals surface area contributed by atoms with Gasteiger partial charge in [0.05, 0.1) is 22.7 Å². The zero-order chi connectivity index (χ0) is 18.0. The average molecular weight is 264 g/mol. The van der Waals surface area contributed by atoms with Crippen LogP contribution >= 0.6 is 0 Å². The third kappa shape index (κ3) is 3.08. The zero-order valence-corrected chi connectivity index (χ0v) is 10.7. The van der Waals surface area contributed by atoms with Gasteiger partial charge in [0, 0.05) is 0 Å². The molecule has 0 bridgehead atoms. The van der Waals surface area contributed by atoms with Crippen molar-refractivity contribution < 1.29 is 16.7 Å². The molecule has 1 aliphatic rings. The predicted octanol–water partition coefficient (Wildman–Crippen LogP) is 3.39. The molecular weight excluding hydrogens is 238 g/mol. The molecule has 0 aromatic heterocycles. The van der Waals surface area contributed by atoms with Gasteiger partial charge in [-0.05, 0) is 30.5 Å². The standard InChI is InChI=1S/C16H21NO2/c1-17-12-15(16(18)10-4-3-5-11-16)13-6-8-14(19-2)9-7-13/h6-9,15,18H,3-5,10-12H2,2H3/i2D3,12D2. The minimum absolute atomic E-state index is 0.136. The quantitative estimate of drug-likeness (QED) is 0.846. The Hall–Kier alpha value is -1.53. The molecule has 1 unspecified atom stereocenters. The first kappa shape index (κ1) is 8.60. The molecule has 1 atom stereocenters. The predicted molar refractivity (Wildman–Crippen MR) is 75.2 cm³/mol. The highest BCUT2D eigenvalue weighted by atomic mass is 16.5. The third-order valence-corrected chi connectivity index (χ3v) is 3.78. The zero-order valence-electron chi connectivity index (χ0n) is 15.7. The smallest absolute Gasteiger partial charge is 0.224 e. The SMILES string of the molecule is [2H]C([2H])([2H])Oc1ccc(C(C2(O)CCCCC2)C([2H])([2H])[N+]#[C-])cc1. The molecule has 1 aromatic rings. The Morgan fingerprint density at radius 1 is 1.42 bits per heavy atom. The molecule has 1 aromatic carbocycles. The van der Waals surface area contributed by atoms with Gasteiger partial charge in [0.25, 0.3) is 0 Å². The fourth-order valence-corrected chi connectivity index (χ4v) is 2.75. The first-order valence-corrected chi connectivity index (χ1v) is 6.47. The maximum absolute atomic E-state index is 11.0. The fourth-order valence-electron chi connectivity index (χ4n) is 2.75. The summed E-state index contributed by atoms with van der Waals surface area (Å²) in [6.07, 6.45) is 3.46. The minimum Gasteiger partial charge on any atom is -0.497 e. The van der Waals surface area contributed by atoms with Crippen LogP contribution in [0.3, 0.4) is 0 Å². The number of aliphatic hydroxyl groups is 1. The molecule has 2 rings (SSSR count). The van der Waals surface area contributed by atoms with Crippen LogP contribution in [0.1, 0.15) is 50.4 Å². The summed E-state index contributed by atoms with van der Waals surface area (Å²) in [5, 5.41) is 11.0. The van der Waals surface area contributed by atoms with Crippen LogP contribution in [0, 0.1) is 6.57 Å². The number of nitrogens with zero attached hydrogens (tertiary/aromatic N) is 1. The van der Waals surface area contributed by atoms with E-state index in [1.165, 1.54) is 24.3 Å². The first-order chi connectivity index (χ1) is 11.1. The highest BCUT2D eigenvalue weighted by Gasteiger charge is 2.40. The second-order valence-electron chi connectivity index (χ2n) is 5.01. The summed E-state index contributed by atoms with van der Waals surface area (Å²) < 4.78 is 42.2. The molecule has 0 saturated heterocycles. The minimum atomic E-state index is -2.56. The molecular formula is C16H21NO2. The second-order valence-corrected chi connectivity index (χ2v) is 5.01. The van der Waals surface area contributed by atoms with Gasteiger partial charge >= 0.3 is 0 Å². The van der Waals surface area contributed by atoms with E-state index in [1.54, 1.807) is 0 Å². The second kappa shape index (κ2) is 6.08. The highest BCUT2D eigenvalue weighted by Crippen LogP contribution is 2.40. The van der Waals surface area contributed by atoms with Gasteiger partial charge in [0.15, 0.2) is 0 Å². The van der Waals surface area contributed by atoms with Gasteiger partial charge in [-0.1, -0.05) is 31.4 Å². The maximum Gasteiger partial charge on any atom is 0.224 e. The van der Waals surface area contributed by atoms with E-state index in [4.69, 9.17) is 18.2 Å². The van der Waals surface area contributed by atoms with Crippen molar-refractivity contribution in [2.24, 2.45) is 0 Å². The summed E-state index contributed by atoms with van der Waals surface area (Å²) in [4.78, 5) is 3.10. The van der Waals surface area contributed by atoms with Crippen LogP contribution in [-0.2, 0) is 0 Å². The van der Waals surface area contributed by atoms with E-state index in [0.29, 0.717) is 18.4 Å². The summed E-state index contributed by atoms with van der Waals surface area (Å²) in [5.41, 5.74) is -0.808. The molecule has 0 amide bonds. The monoisotopic (exact) mass is 264 g/mol. The van der Waals surface area contributed by atoms with Gasteiger partial charge < -0.3 is 14.7 Å². The van der Waals surface area contributed by atoms with Crippen LogP contribution in [0.15, 0.2) is 24.3 Å². The van der Waals surface area contributed by atoms with Crippen LogP contribution in [-0.4, -0.2) is 24.2 Å². The van der Waals surface area contributed by atoms with Gasteiger partial charge in [0.2, 0.25) is 6.50 Å². The Labute approximate surface area is 122 Å². The maximum atomic E-state index is 11.0. The Morgan fingerprint density at radius 2 is 2.11 bits per heavy atom. The molecule has 0 spiro atoms. The van der Waals surface area contributed by atoms with Crippen molar-refractivity contribution >= 4 is 0 Å². The van der Waals surface area contributed by atoms with Crippen LogP contribution in [0.5, 0.6) is 5.75 Å². The van der Waals surface area contributed by atoms with E-state index in [-0.39, 0.29) is 5.75 Å². The number of ether oxygens (including phenoxy) is 1. The number of hydrogen-bond acceptors (Lipinski definition) is 2. The molecule has 1 N–H and O–H groups in total. The Morgan fingerprint density at radius 3 is 2.68 bits per heavy atom. The fraction of sp³-hybridized carbons (Fsp3) is 0.562. The molecule has 1 saturated carbocycles. The number of methoxy groups -OCH3 is 1. The molecule has 3 heteroatoms.